The number of piperidine rings is 1. The SMILES string of the molecule is CCCC(C#N)(CCC)C(=O)NC1CCCN(C)C1. The van der Waals surface area contributed by atoms with Gasteiger partial charge in [0.15, 0.2) is 0 Å². The van der Waals surface area contributed by atoms with Gasteiger partial charge in [0.05, 0.1) is 6.07 Å². The average molecular weight is 265 g/mol. The minimum absolute atomic E-state index is 0.0565. The molecule has 1 heterocycles. The first-order valence-corrected chi connectivity index (χ1v) is 7.48. The van der Waals surface area contributed by atoms with Crippen LogP contribution in [0.4, 0.5) is 0 Å². The van der Waals surface area contributed by atoms with Gasteiger partial charge in [-0.2, -0.15) is 5.26 Å². The number of hydrogen-bond donors (Lipinski definition) is 1. The summed E-state index contributed by atoms with van der Waals surface area (Å²) in [6, 6.07) is 2.49. The molecule has 4 nitrogen and oxygen atoms in total. The number of rotatable bonds is 6. The zero-order valence-corrected chi connectivity index (χ0v) is 12.5. The third-order valence-corrected chi connectivity index (χ3v) is 3.96. The quantitative estimate of drug-likeness (QED) is 0.801. The highest BCUT2D eigenvalue weighted by Crippen LogP contribution is 2.30. The molecule has 1 saturated heterocycles. The van der Waals surface area contributed by atoms with E-state index in [-0.39, 0.29) is 11.9 Å². The van der Waals surface area contributed by atoms with Gasteiger partial charge >= 0.3 is 0 Å². The van der Waals surface area contributed by atoms with Gasteiger partial charge in [0.25, 0.3) is 0 Å². The number of nitrogens with zero attached hydrogens (tertiary/aromatic N) is 2. The summed E-state index contributed by atoms with van der Waals surface area (Å²) in [5, 5.41) is 12.6. The second-order valence-electron chi connectivity index (χ2n) is 5.77. The number of likely N-dealkylation sites (N-methyl/N-ethyl adjacent to an activating group) is 1. The van der Waals surface area contributed by atoms with E-state index in [9.17, 15) is 10.1 Å². The molecule has 0 aromatic rings. The van der Waals surface area contributed by atoms with Crippen molar-refractivity contribution in [2.75, 3.05) is 20.1 Å². The highest BCUT2D eigenvalue weighted by molar-refractivity contribution is 5.85. The first-order chi connectivity index (χ1) is 9.07. The molecule has 1 fully saturated rings. The van der Waals surface area contributed by atoms with Gasteiger partial charge in [-0.1, -0.05) is 26.7 Å². The fourth-order valence-electron chi connectivity index (χ4n) is 2.98. The second-order valence-corrected chi connectivity index (χ2v) is 5.77. The van der Waals surface area contributed by atoms with Crippen molar-refractivity contribution >= 4 is 5.91 Å². The Hall–Kier alpha value is -1.08. The van der Waals surface area contributed by atoms with Crippen LogP contribution in [0.2, 0.25) is 0 Å². The summed E-state index contributed by atoms with van der Waals surface area (Å²) in [4.78, 5) is 14.7. The first-order valence-electron chi connectivity index (χ1n) is 7.48. The Morgan fingerprint density at radius 2 is 2.05 bits per heavy atom. The van der Waals surface area contributed by atoms with E-state index in [0.29, 0.717) is 12.8 Å². The van der Waals surface area contributed by atoms with Crippen LogP contribution in [-0.4, -0.2) is 37.0 Å². The average Bonchev–Trinajstić information content (AvgIpc) is 2.38. The van der Waals surface area contributed by atoms with Crippen LogP contribution in [0.15, 0.2) is 0 Å². The Bertz CT molecular complexity index is 329. The van der Waals surface area contributed by atoms with Crippen LogP contribution in [0.1, 0.15) is 52.4 Å². The molecule has 1 atom stereocenters. The third-order valence-electron chi connectivity index (χ3n) is 3.96. The number of nitrogens with one attached hydrogen (secondary N) is 1. The Kier molecular flexibility index (Phi) is 6.30. The molecule has 1 aliphatic rings. The summed E-state index contributed by atoms with van der Waals surface area (Å²) in [5.41, 5.74) is -0.820. The molecule has 19 heavy (non-hydrogen) atoms. The van der Waals surface area contributed by atoms with Crippen LogP contribution in [0.25, 0.3) is 0 Å². The molecule has 1 rings (SSSR count). The van der Waals surface area contributed by atoms with E-state index in [1.165, 1.54) is 0 Å². The summed E-state index contributed by atoms with van der Waals surface area (Å²) >= 11 is 0. The van der Waals surface area contributed by atoms with Crippen LogP contribution < -0.4 is 5.32 Å². The fourth-order valence-corrected chi connectivity index (χ4v) is 2.98. The zero-order valence-electron chi connectivity index (χ0n) is 12.5. The third kappa shape index (κ3) is 4.21. The maximum absolute atomic E-state index is 12.5. The molecule has 0 radical (unpaired) electrons. The normalized spacial score (nSPS) is 20.8. The van der Waals surface area contributed by atoms with E-state index in [1.807, 2.05) is 13.8 Å². The Labute approximate surface area is 117 Å². The summed E-state index contributed by atoms with van der Waals surface area (Å²) in [6.07, 6.45) is 5.19. The van der Waals surface area contributed by atoms with Crippen molar-refractivity contribution in [3.8, 4) is 6.07 Å². The molecule has 1 amide bonds. The van der Waals surface area contributed by atoms with Gasteiger partial charge in [-0.3, -0.25) is 4.79 Å². The highest BCUT2D eigenvalue weighted by atomic mass is 16.2. The molecule has 1 aliphatic heterocycles. The Morgan fingerprint density at radius 3 is 2.53 bits per heavy atom. The van der Waals surface area contributed by atoms with Crippen molar-refractivity contribution in [3.05, 3.63) is 0 Å². The number of hydrogen-bond acceptors (Lipinski definition) is 3. The molecule has 0 spiro atoms. The Morgan fingerprint density at radius 1 is 1.42 bits per heavy atom. The van der Waals surface area contributed by atoms with E-state index < -0.39 is 5.41 Å². The van der Waals surface area contributed by atoms with Crippen LogP contribution in [-0.2, 0) is 4.79 Å². The zero-order chi connectivity index (χ0) is 14.3. The lowest BCUT2D eigenvalue weighted by atomic mass is 9.79. The predicted molar refractivity (Wildman–Crippen MR) is 76.5 cm³/mol. The molecule has 0 aromatic carbocycles. The van der Waals surface area contributed by atoms with Gasteiger partial charge in [0, 0.05) is 12.6 Å². The second kappa shape index (κ2) is 7.49. The molecule has 0 saturated carbocycles. The van der Waals surface area contributed by atoms with E-state index in [1.54, 1.807) is 0 Å². The van der Waals surface area contributed by atoms with Gasteiger partial charge < -0.3 is 10.2 Å². The van der Waals surface area contributed by atoms with Gasteiger partial charge in [0.1, 0.15) is 5.41 Å². The molecule has 108 valence electrons. The summed E-state index contributed by atoms with van der Waals surface area (Å²) in [5.74, 6) is -0.0565. The molecule has 1 unspecified atom stereocenters. The number of carbonyl (C=O) groups is 1. The van der Waals surface area contributed by atoms with Crippen molar-refractivity contribution in [2.45, 2.75) is 58.4 Å². The minimum Gasteiger partial charge on any atom is -0.351 e. The highest BCUT2D eigenvalue weighted by Gasteiger charge is 2.38. The van der Waals surface area contributed by atoms with E-state index in [2.05, 4.69) is 23.3 Å². The number of likely N-dealkylation sites (tertiary alicyclic amines) is 1. The molecule has 1 N–H and O–H groups in total. The molecule has 4 heteroatoms. The van der Waals surface area contributed by atoms with Crippen LogP contribution in [0.3, 0.4) is 0 Å². The van der Waals surface area contributed by atoms with E-state index in [0.717, 1.165) is 38.8 Å². The van der Waals surface area contributed by atoms with Gasteiger partial charge in [0.2, 0.25) is 5.91 Å². The maximum Gasteiger partial charge on any atom is 0.240 e. The lowest BCUT2D eigenvalue weighted by molar-refractivity contribution is -0.130. The van der Waals surface area contributed by atoms with Crippen molar-refractivity contribution in [1.82, 2.24) is 10.2 Å². The van der Waals surface area contributed by atoms with Crippen LogP contribution in [0.5, 0.6) is 0 Å². The molecule has 0 bridgehead atoms. The lowest BCUT2D eigenvalue weighted by Gasteiger charge is -2.33. The largest absolute Gasteiger partial charge is 0.351 e. The van der Waals surface area contributed by atoms with Gasteiger partial charge in [-0.05, 0) is 39.3 Å². The van der Waals surface area contributed by atoms with Crippen molar-refractivity contribution in [3.63, 3.8) is 0 Å². The fraction of sp³-hybridized carbons (Fsp3) is 0.867. The monoisotopic (exact) mass is 265 g/mol. The van der Waals surface area contributed by atoms with E-state index in [4.69, 9.17) is 0 Å². The van der Waals surface area contributed by atoms with Crippen molar-refractivity contribution in [1.29, 1.82) is 5.26 Å². The lowest BCUT2D eigenvalue weighted by Crippen LogP contribution is -2.51. The van der Waals surface area contributed by atoms with E-state index >= 15 is 0 Å². The first kappa shape index (κ1) is 16.0. The number of amides is 1. The van der Waals surface area contributed by atoms with Gasteiger partial charge in [-0.25, -0.2) is 0 Å². The summed E-state index contributed by atoms with van der Waals surface area (Å²) in [6.45, 7) is 6.05. The molecular formula is C15H27N3O. The standard InChI is InChI=1S/C15H27N3O/c1-4-8-15(12-16,9-5-2)14(19)17-13-7-6-10-18(3)11-13/h13H,4-11H2,1-3H3,(H,17,19). The summed E-state index contributed by atoms with van der Waals surface area (Å²) in [7, 11) is 2.08. The molecule has 0 aromatic heterocycles. The number of nitriles is 1. The Balaban J connectivity index is 2.68. The molecular weight excluding hydrogens is 238 g/mol. The summed E-state index contributed by atoms with van der Waals surface area (Å²) < 4.78 is 0. The predicted octanol–water partition coefficient (Wildman–Crippen LogP) is 2.31. The topological polar surface area (TPSA) is 56.1 Å². The van der Waals surface area contributed by atoms with Crippen LogP contribution in [0, 0.1) is 16.7 Å². The van der Waals surface area contributed by atoms with Crippen LogP contribution >= 0.6 is 0 Å². The maximum atomic E-state index is 12.5. The number of carbonyl (C=O) groups excluding carboxylic acids is 1. The molecule has 0 aliphatic carbocycles. The van der Waals surface area contributed by atoms with Crippen molar-refractivity contribution < 1.29 is 4.79 Å². The minimum atomic E-state index is -0.820. The smallest absolute Gasteiger partial charge is 0.240 e. The van der Waals surface area contributed by atoms with Gasteiger partial charge in [-0.15, -0.1) is 0 Å². The van der Waals surface area contributed by atoms with Crippen molar-refractivity contribution in [2.24, 2.45) is 5.41 Å².